The number of benzene rings is 2. The molecule has 0 bridgehead atoms. The number of likely N-dealkylation sites (N-methyl/N-ethyl adjacent to an activating group) is 1. The third-order valence-corrected chi connectivity index (χ3v) is 9.65. The van der Waals surface area contributed by atoms with Crippen LogP contribution in [0, 0.1) is 0 Å². The van der Waals surface area contributed by atoms with Crippen LogP contribution in [0.15, 0.2) is 42.5 Å². The van der Waals surface area contributed by atoms with Crippen LogP contribution >= 0.6 is 11.6 Å². The summed E-state index contributed by atoms with van der Waals surface area (Å²) >= 11 is 6.46. The second-order valence-electron chi connectivity index (χ2n) is 11.2. The summed E-state index contributed by atoms with van der Waals surface area (Å²) in [5.74, 6) is 0.797. The van der Waals surface area contributed by atoms with E-state index in [9.17, 15) is 4.79 Å². The second kappa shape index (κ2) is 9.53. The molecule has 1 aliphatic carbocycles. The Morgan fingerprint density at radius 1 is 0.971 bits per heavy atom. The first-order valence-corrected chi connectivity index (χ1v) is 14.1. The average molecular weight is 492 g/mol. The molecule has 0 radical (unpaired) electrons. The maximum atomic E-state index is 13.3. The van der Waals surface area contributed by atoms with Gasteiger partial charge in [-0.25, -0.2) is 0 Å². The molecule has 186 valence electrons. The molecule has 3 fully saturated rings. The van der Waals surface area contributed by atoms with E-state index >= 15 is 0 Å². The molecule has 35 heavy (non-hydrogen) atoms. The normalized spacial score (nSPS) is 26.3. The van der Waals surface area contributed by atoms with Gasteiger partial charge in [-0.15, -0.1) is 0 Å². The fourth-order valence-corrected chi connectivity index (χ4v) is 7.72. The minimum absolute atomic E-state index is 0.230. The van der Waals surface area contributed by atoms with Gasteiger partial charge < -0.3 is 9.80 Å². The highest BCUT2D eigenvalue weighted by Crippen LogP contribution is 2.43. The quantitative estimate of drug-likeness (QED) is 0.567. The fraction of sp³-hybridized carbons (Fsp3) is 0.567. The number of piperidine rings is 2. The van der Waals surface area contributed by atoms with Gasteiger partial charge >= 0.3 is 0 Å². The first-order chi connectivity index (χ1) is 17.1. The first-order valence-electron chi connectivity index (χ1n) is 13.7. The first kappa shape index (κ1) is 23.5. The minimum atomic E-state index is -0.230. The summed E-state index contributed by atoms with van der Waals surface area (Å²) < 4.78 is 0. The number of halogens is 1. The lowest BCUT2D eigenvalue weighted by Gasteiger charge is -2.45. The highest BCUT2D eigenvalue weighted by molar-refractivity contribution is 6.30. The Labute approximate surface area is 215 Å². The van der Waals surface area contributed by atoms with E-state index in [4.69, 9.17) is 11.6 Å². The Bertz CT molecular complexity index is 1090. The van der Waals surface area contributed by atoms with E-state index in [1.54, 1.807) is 0 Å². The van der Waals surface area contributed by atoms with Crippen molar-refractivity contribution in [3.63, 3.8) is 0 Å². The summed E-state index contributed by atoms with van der Waals surface area (Å²) in [6.45, 7) is 4.26. The molecule has 3 saturated heterocycles. The van der Waals surface area contributed by atoms with Crippen LogP contribution in [0.4, 0.5) is 0 Å². The molecule has 2 aromatic carbocycles. The van der Waals surface area contributed by atoms with Crippen LogP contribution in [-0.4, -0.2) is 65.5 Å². The summed E-state index contributed by atoms with van der Waals surface area (Å²) in [5, 5.41) is 0.844. The molecule has 5 heteroatoms. The van der Waals surface area contributed by atoms with Gasteiger partial charge in [-0.05, 0) is 98.7 Å². The van der Waals surface area contributed by atoms with Crippen molar-refractivity contribution < 1.29 is 4.79 Å². The van der Waals surface area contributed by atoms with Gasteiger partial charge in [-0.2, -0.15) is 0 Å². The molecular formula is C30H38ClN3O. The fourth-order valence-electron chi connectivity index (χ4n) is 7.54. The monoisotopic (exact) mass is 491 g/mol. The summed E-state index contributed by atoms with van der Waals surface area (Å²) in [6, 6.07) is 15.5. The van der Waals surface area contributed by atoms with Crippen LogP contribution < -0.4 is 0 Å². The van der Waals surface area contributed by atoms with Gasteiger partial charge in [0, 0.05) is 37.6 Å². The maximum Gasteiger partial charge on any atom is 0.244 e. The van der Waals surface area contributed by atoms with Crippen molar-refractivity contribution in [2.45, 2.75) is 75.4 Å². The van der Waals surface area contributed by atoms with E-state index < -0.39 is 0 Å². The minimum Gasteiger partial charge on any atom is -0.328 e. The molecule has 1 spiro atoms. The van der Waals surface area contributed by atoms with Crippen molar-refractivity contribution >= 4 is 17.5 Å². The molecule has 3 heterocycles. The zero-order valence-electron chi connectivity index (χ0n) is 21.0. The van der Waals surface area contributed by atoms with Gasteiger partial charge in [-0.1, -0.05) is 41.9 Å². The third kappa shape index (κ3) is 4.12. The maximum absolute atomic E-state index is 13.3. The number of aryl methyl sites for hydroxylation is 2. The number of amides is 1. The smallest absolute Gasteiger partial charge is 0.244 e. The Balaban J connectivity index is 1.13. The van der Waals surface area contributed by atoms with E-state index in [0.29, 0.717) is 18.0 Å². The number of carbonyl (C=O) groups excluding carboxylic acids is 1. The van der Waals surface area contributed by atoms with Crippen LogP contribution in [0.1, 0.15) is 73.1 Å². The van der Waals surface area contributed by atoms with Crippen LogP contribution in [0.5, 0.6) is 0 Å². The molecule has 2 atom stereocenters. The summed E-state index contributed by atoms with van der Waals surface area (Å²) in [6.07, 6.45) is 10.4. The molecule has 2 aromatic rings. The predicted molar refractivity (Wildman–Crippen MR) is 142 cm³/mol. The molecule has 4 nitrogen and oxygen atoms in total. The van der Waals surface area contributed by atoms with Crippen molar-refractivity contribution in [3.05, 3.63) is 69.7 Å². The number of hydrogen-bond acceptors (Lipinski definition) is 3. The van der Waals surface area contributed by atoms with E-state index in [1.807, 2.05) is 13.1 Å². The number of rotatable bonds is 4. The van der Waals surface area contributed by atoms with Crippen molar-refractivity contribution in [2.24, 2.45) is 0 Å². The summed E-state index contributed by atoms with van der Waals surface area (Å²) in [7, 11) is 2.03. The Kier molecular flexibility index (Phi) is 6.41. The van der Waals surface area contributed by atoms with Gasteiger partial charge in [0.2, 0.25) is 5.91 Å². The standard InChI is InChI=1S/C30H38ClN3O/c1-32-28-10-4-5-18-34(28)30(29(32)35)15-19-33(20-16-30)17-6-9-26-25-8-3-2-7-22(25)11-12-23-13-14-24(31)21-27(23)26/h2-3,7-8,13-14,21,26,28H,4-6,9-12,15-20H2,1H3. The molecule has 0 aromatic heterocycles. The van der Waals surface area contributed by atoms with Gasteiger partial charge in [0.15, 0.2) is 0 Å². The zero-order chi connectivity index (χ0) is 24.0. The van der Waals surface area contributed by atoms with E-state index in [2.05, 4.69) is 51.1 Å². The van der Waals surface area contributed by atoms with Crippen LogP contribution in [0.25, 0.3) is 0 Å². The van der Waals surface area contributed by atoms with Gasteiger partial charge in [0.25, 0.3) is 0 Å². The van der Waals surface area contributed by atoms with Gasteiger partial charge in [0.1, 0.15) is 5.54 Å². The average Bonchev–Trinajstić information content (AvgIpc) is 3.00. The lowest BCUT2D eigenvalue weighted by atomic mass is 9.83. The summed E-state index contributed by atoms with van der Waals surface area (Å²) in [4.78, 5) is 20.6. The van der Waals surface area contributed by atoms with E-state index in [1.165, 1.54) is 35.1 Å². The van der Waals surface area contributed by atoms with Crippen LogP contribution in [0.3, 0.4) is 0 Å². The topological polar surface area (TPSA) is 26.8 Å². The van der Waals surface area contributed by atoms with Crippen molar-refractivity contribution in [1.82, 2.24) is 14.7 Å². The van der Waals surface area contributed by atoms with Crippen molar-refractivity contribution in [2.75, 3.05) is 33.2 Å². The number of hydrogen-bond donors (Lipinski definition) is 0. The van der Waals surface area contributed by atoms with Crippen LogP contribution in [-0.2, 0) is 17.6 Å². The summed E-state index contributed by atoms with van der Waals surface area (Å²) in [5.41, 5.74) is 5.63. The SMILES string of the molecule is CN1C(=O)C2(CCN(CCCC3c4ccccc4CCc4ccc(Cl)cc43)CC2)N2CCCCC12. The number of fused-ring (bicyclic) bond motifs is 4. The highest BCUT2D eigenvalue weighted by atomic mass is 35.5. The Hall–Kier alpha value is -1.88. The third-order valence-electron chi connectivity index (χ3n) is 9.41. The Morgan fingerprint density at radius 3 is 2.57 bits per heavy atom. The molecule has 0 saturated carbocycles. The predicted octanol–water partition coefficient (Wildman–Crippen LogP) is 5.47. The van der Waals surface area contributed by atoms with Gasteiger partial charge in [0.05, 0.1) is 6.17 Å². The van der Waals surface area contributed by atoms with Gasteiger partial charge in [-0.3, -0.25) is 9.69 Å². The Morgan fingerprint density at radius 2 is 1.74 bits per heavy atom. The number of nitrogens with zero attached hydrogens (tertiary/aromatic N) is 3. The molecule has 4 aliphatic rings. The lowest BCUT2D eigenvalue weighted by molar-refractivity contribution is -0.135. The molecule has 6 rings (SSSR count). The van der Waals surface area contributed by atoms with Crippen LogP contribution in [0.2, 0.25) is 5.02 Å². The number of likely N-dealkylation sites (tertiary alicyclic amines) is 1. The van der Waals surface area contributed by atoms with E-state index in [-0.39, 0.29) is 5.54 Å². The van der Waals surface area contributed by atoms with Crippen molar-refractivity contribution in [1.29, 1.82) is 0 Å². The molecular weight excluding hydrogens is 454 g/mol. The second-order valence-corrected chi connectivity index (χ2v) is 11.6. The molecule has 2 unspecified atom stereocenters. The lowest BCUT2D eigenvalue weighted by Crippen LogP contribution is -2.58. The molecule has 3 aliphatic heterocycles. The van der Waals surface area contributed by atoms with Crippen molar-refractivity contribution in [3.8, 4) is 0 Å². The largest absolute Gasteiger partial charge is 0.328 e. The molecule has 0 N–H and O–H groups in total. The molecule has 1 amide bonds. The van der Waals surface area contributed by atoms with E-state index in [0.717, 1.165) is 76.1 Å². The zero-order valence-corrected chi connectivity index (χ0v) is 21.8. The number of carbonyl (C=O) groups is 1. The highest BCUT2D eigenvalue weighted by Gasteiger charge is 2.57.